The van der Waals surface area contributed by atoms with Gasteiger partial charge in [-0.05, 0) is 30.4 Å². The van der Waals surface area contributed by atoms with Gasteiger partial charge in [-0.1, -0.05) is 0 Å². The fourth-order valence-electron chi connectivity index (χ4n) is 2.97. The van der Waals surface area contributed by atoms with Crippen LogP contribution in [0.2, 0.25) is 0 Å². The topological polar surface area (TPSA) is 71.1 Å². The Balaban J connectivity index is 1.66. The number of thioether (sulfide) groups is 1. The average Bonchev–Trinajstić information content (AvgIpc) is 2.83. The van der Waals surface area contributed by atoms with Gasteiger partial charge in [0.2, 0.25) is 0 Å². The van der Waals surface area contributed by atoms with E-state index in [1.165, 1.54) is 18.0 Å². The van der Waals surface area contributed by atoms with Crippen molar-refractivity contribution in [1.82, 2.24) is 5.32 Å². The van der Waals surface area contributed by atoms with Gasteiger partial charge in [0.1, 0.15) is 12.4 Å². The van der Waals surface area contributed by atoms with Crippen LogP contribution in [0.15, 0.2) is 18.2 Å². The predicted molar refractivity (Wildman–Crippen MR) is 98.6 cm³/mol. The lowest BCUT2D eigenvalue weighted by Gasteiger charge is -2.24. The van der Waals surface area contributed by atoms with E-state index in [0.717, 1.165) is 31.0 Å². The number of cyclic esters (lactones) is 1. The first-order valence-electron chi connectivity index (χ1n) is 8.53. The molecule has 0 unspecified atom stereocenters. The van der Waals surface area contributed by atoms with E-state index in [1.807, 2.05) is 16.7 Å². The number of hydrogen-bond acceptors (Lipinski definition) is 6. The van der Waals surface area contributed by atoms with E-state index in [0.29, 0.717) is 11.4 Å². The molecule has 2 aliphatic heterocycles. The zero-order valence-corrected chi connectivity index (χ0v) is 15.4. The van der Waals surface area contributed by atoms with Gasteiger partial charge >= 0.3 is 12.2 Å². The van der Waals surface area contributed by atoms with Crippen LogP contribution in [0.5, 0.6) is 0 Å². The van der Waals surface area contributed by atoms with Gasteiger partial charge < -0.3 is 19.7 Å². The molecule has 0 spiro atoms. The molecule has 0 bridgehead atoms. The van der Waals surface area contributed by atoms with E-state index in [9.17, 15) is 14.0 Å². The normalized spacial score (nSPS) is 20.5. The van der Waals surface area contributed by atoms with Crippen molar-refractivity contribution in [3.05, 3.63) is 24.0 Å². The molecule has 7 nitrogen and oxygen atoms in total. The van der Waals surface area contributed by atoms with Crippen molar-refractivity contribution in [1.29, 1.82) is 0 Å². The van der Waals surface area contributed by atoms with Gasteiger partial charge in [-0.15, -0.1) is 0 Å². The smallest absolute Gasteiger partial charge is 0.414 e. The summed E-state index contributed by atoms with van der Waals surface area (Å²) in [5, 5.41) is 2.32. The number of nitrogens with zero attached hydrogens (tertiary/aromatic N) is 2. The number of alkyl carbamates (subject to hydrolysis) is 1. The molecule has 2 amide bonds. The highest BCUT2D eigenvalue weighted by atomic mass is 32.2. The van der Waals surface area contributed by atoms with Crippen molar-refractivity contribution in [2.24, 2.45) is 0 Å². The number of carbonyl (C=O) groups is 2. The van der Waals surface area contributed by atoms with Crippen molar-refractivity contribution in [3.63, 3.8) is 0 Å². The second-order valence-corrected chi connectivity index (χ2v) is 7.28. The SMILES string of the molecule is CNC(=O)OC[C@@H]1CN(c2ccc(N3CCCSCC3)c(F)c2)C(=O)O1. The van der Waals surface area contributed by atoms with Gasteiger partial charge in [0, 0.05) is 25.9 Å². The van der Waals surface area contributed by atoms with Crippen LogP contribution in [0, 0.1) is 5.82 Å². The van der Waals surface area contributed by atoms with Crippen LogP contribution in [0.1, 0.15) is 6.42 Å². The standard InChI is InChI=1S/C17H22FN3O4S/c1-19-16(22)24-11-13-10-21(17(23)25-13)12-3-4-15(14(18)9-12)20-5-2-7-26-8-6-20/h3-4,9,13H,2,5-8,10-11H2,1H3,(H,19,22)/t13-/m0/s1. The van der Waals surface area contributed by atoms with Gasteiger partial charge in [-0.2, -0.15) is 11.8 Å². The fraction of sp³-hybridized carbons (Fsp3) is 0.529. The Hall–Kier alpha value is -2.16. The maximum absolute atomic E-state index is 14.6. The van der Waals surface area contributed by atoms with Crippen LogP contribution < -0.4 is 15.1 Å². The molecule has 1 atom stereocenters. The summed E-state index contributed by atoms with van der Waals surface area (Å²) in [4.78, 5) is 26.6. The summed E-state index contributed by atoms with van der Waals surface area (Å²) in [6.07, 6.45) is -0.721. The highest BCUT2D eigenvalue weighted by Gasteiger charge is 2.33. The van der Waals surface area contributed by atoms with E-state index in [2.05, 4.69) is 5.32 Å². The van der Waals surface area contributed by atoms with Gasteiger partial charge in [0.05, 0.1) is 17.9 Å². The number of carbonyl (C=O) groups excluding carboxylic acids is 2. The van der Waals surface area contributed by atoms with Crippen molar-refractivity contribution < 1.29 is 23.5 Å². The van der Waals surface area contributed by atoms with Crippen LogP contribution in [0.3, 0.4) is 0 Å². The summed E-state index contributed by atoms with van der Waals surface area (Å²) in [5.41, 5.74) is 0.992. The lowest BCUT2D eigenvalue weighted by Crippen LogP contribution is -2.29. The number of hydrogen-bond donors (Lipinski definition) is 1. The number of rotatable bonds is 4. The molecule has 2 saturated heterocycles. The van der Waals surface area contributed by atoms with Crippen molar-refractivity contribution in [2.75, 3.05) is 54.6 Å². The van der Waals surface area contributed by atoms with E-state index in [1.54, 1.807) is 12.1 Å². The fourth-order valence-corrected chi connectivity index (χ4v) is 3.85. The van der Waals surface area contributed by atoms with Crippen molar-refractivity contribution in [3.8, 4) is 0 Å². The average molecular weight is 383 g/mol. The van der Waals surface area contributed by atoms with Gasteiger partial charge in [-0.25, -0.2) is 14.0 Å². The molecular weight excluding hydrogens is 361 g/mol. The molecule has 1 aromatic rings. The van der Waals surface area contributed by atoms with Crippen LogP contribution in [0.4, 0.5) is 25.4 Å². The molecule has 0 radical (unpaired) electrons. The number of benzene rings is 1. The summed E-state index contributed by atoms with van der Waals surface area (Å²) in [6, 6.07) is 4.79. The van der Waals surface area contributed by atoms with Gasteiger partial charge in [-0.3, -0.25) is 4.90 Å². The second kappa shape index (κ2) is 8.48. The number of amides is 2. The summed E-state index contributed by atoms with van der Waals surface area (Å²) >= 11 is 1.88. The van der Waals surface area contributed by atoms with Crippen LogP contribution >= 0.6 is 11.8 Å². The number of nitrogens with one attached hydrogen (secondary N) is 1. The monoisotopic (exact) mass is 383 g/mol. The molecule has 0 saturated carbocycles. The summed E-state index contributed by atoms with van der Waals surface area (Å²) in [6.45, 7) is 1.79. The van der Waals surface area contributed by atoms with E-state index in [-0.39, 0.29) is 19.0 Å². The Morgan fingerprint density at radius 3 is 3.04 bits per heavy atom. The Morgan fingerprint density at radius 2 is 2.27 bits per heavy atom. The molecule has 2 aliphatic rings. The quantitative estimate of drug-likeness (QED) is 0.861. The zero-order chi connectivity index (χ0) is 18.5. The molecule has 2 heterocycles. The summed E-state index contributed by atoms with van der Waals surface area (Å²) in [5.74, 6) is 1.72. The molecule has 1 N–H and O–H groups in total. The largest absolute Gasteiger partial charge is 0.446 e. The Morgan fingerprint density at radius 1 is 1.42 bits per heavy atom. The Labute approximate surface area is 155 Å². The Bertz CT molecular complexity index is 667. The zero-order valence-electron chi connectivity index (χ0n) is 14.6. The molecule has 2 fully saturated rings. The number of anilines is 2. The summed E-state index contributed by atoms with van der Waals surface area (Å²) < 4.78 is 24.7. The van der Waals surface area contributed by atoms with Crippen molar-refractivity contribution in [2.45, 2.75) is 12.5 Å². The first kappa shape index (κ1) is 18.6. The lowest BCUT2D eigenvalue weighted by molar-refractivity contribution is 0.0745. The minimum atomic E-state index is -0.592. The number of ether oxygens (including phenoxy) is 2. The van der Waals surface area contributed by atoms with Crippen LogP contribution in [0.25, 0.3) is 0 Å². The number of halogens is 1. The molecule has 0 aromatic heterocycles. The minimum Gasteiger partial charge on any atom is -0.446 e. The third kappa shape index (κ3) is 4.32. The van der Waals surface area contributed by atoms with E-state index >= 15 is 0 Å². The van der Waals surface area contributed by atoms with Crippen LogP contribution in [-0.4, -0.2) is 63.1 Å². The van der Waals surface area contributed by atoms with Crippen LogP contribution in [-0.2, 0) is 9.47 Å². The maximum atomic E-state index is 14.6. The van der Waals surface area contributed by atoms with E-state index < -0.39 is 18.3 Å². The predicted octanol–water partition coefficient (Wildman–Crippen LogP) is 2.45. The molecule has 3 rings (SSSR count). The lowest BCUT2D eigenvalue weighted by atomic mass is 10.2. The molecule has 9 heteroatoms. The van der Waals surface area contributed by atoms with E-state index in [4.69, 9.17) is 9.47 Å². The minimum absolute atomic E-state index is 0.0477. The first-order valence-corrected chi connectivity index (χ1v) is 9.69. The molecule has 26 heavy (non-hydrogen) atoms. The Kier molecular flexibility index (Phi) is 6.08. The molecule has 0 aliphatic carbocycles. The second-order valence-electron chi connectivity index (χ2n) is 6.05. The highest BCUT2D eigenvalue weighted by Crippen LogP contribution is 2.29. The third-order valence-electron chi connectivity index (χ3n) is 4.28. The molecule has 1 aromatic carbocycles. The molecule has 142 valence electrons. The first-order chi connectivity index (χ1) is 12.6. The molecular formula is C17H22FN3O4S. The van der Waals surface area contributed by atoms with Crippen molar-refractivity contribution >= 4 is 35.3 Å². The highest BCUT2D eigenvalue weighted by molar-refractivity contribution is 7.99. The van der Waals surface area contributed by atoms with Gasteiger partial charge in [0.25, 0.3) is 0 Å². The maximum Gasteiger partial charge on any atom is 0.414 e. The van der Waals surface area contributed by atoms with Gasteiger partial charge in [0.15, 0.2) is 6.10 Å². The third-order valence-corrected chi connectivity index (χ3v) is 5.33. The summed E-state index contributed by atoms with van der Waals surface area (Å²) in [7, 11) is 1.45.